The summed E-state index contributed by atoms with van der Waals surface area (Å²) >= 11 is 12.2. The van der Waals surface area contributed by atoms with E-state index in [4.69, 9.17) is 27.9 Å². The Bertz CT molecular complexity index is 1280. The maximum Gasteiger partial charge on any atom is 0.257 e. The molecule has 1 unspecified atom stereocenters. The number of ketones is 1. The zero-order valence-corrected chi connectivity index (χ0v) is 20.6. The molecule has 2 heterocycles. The summed E-state index contributed by atoms with van der Waals surface area (Å²) in [5, 5.41) is 11.4. The van der Waals surface area contributed by atoms with E-state index in [2.05, 4.69) is 4.98 Å². The average molecular weight is 511 g/mol. The molecule has 0 radical (unpaired) electrons. The summed E-state index contributed by atoms with van der Waals surface area (Å²) in [6.45, 7) is 1.42. The molecule has 2 aliphatic rings. The van der Waals surface area contributed by atoms with E-state index in [1.54, 1.807) is 47.4 Å². The highest BCUT2D eigenvalue weighted by molar-refractivity contribution is 6.30. The Kier molecular flexibility index (Phi) is 6.18. The van der Waals surface area contributed by atoms with E-state index in [0.717, 1.165) is 6.42 Å². The number of amides is 1. The zero-order chi connectivity index (χ0) is 24.8. The fourth-order valence-electron chi connectivity index (χ4n) is 4.85. The number of ether oxygens (including phenoxy) is 1. The van der Waals surface area contributed by atoms with Gasteiger partial charge in [-0.2, -0.15) is 0 Å². The molecule has 1 aromatic heterocycles. The molecule has 0 bridgehead atoms. The van der Waals surface area contributed by atoms with E-state index in [1.165, 1.54) is 13.1 Å². The van der Waals surface area contributed by atoms with Crippen molar-refractivity contribution in [2.75, 3.05) is 6.61 Å². The van der Waals surface area contributed by atoms with Gasteiger partial charge in [-0.25, -0.2) is 0 Å². The molecule has 5 rings (SSSR count). The molecule has 1 saturated carbocycles. The van der Waals surface area contributed by atoms with E-state index in [9.17, 15) is 14.7 Å². The molecule has 1 amide bonds. The molecule has 0 spiro atoms. The molecule has 1 aliphatic heterocycles. The second-order valence-corrected chi connectivity index (χ2v) is 10.00. The van der Waals surface area contributed by atoms with Gasteiger partial charge >= 0.3 is 0 Å². The number of aliphatic hydroxyl groups is 1. The third-order valence-electron chi connectivity index (χ3n) is 6.91. The Hall–Kier alpha value is -2.77. The van der Waals surface area contributed by atoms with Crippen molar-refractivity contribution in [2.24, 2.45) is 0 Å². The number of aromatic nitrogens is 1. The van der Waals surface area contributed by atoms with Gasteiger partial charge in [0.15, 0.2) is 11.5 Å². The lowest BCUT2D eigenvalue weighted by molar-refractivity contribution is -0.238. The first-order valence-corrected chi connectivity index (χ1v) is 12.2. The number of hydrogen-bond donors (Lipinski definition) is 1. The predicted octanol–water partition coefficient (Wildman–Crippen LogP) is 5.38. The third kappa shape index (κ3) is 4.04. The van der Waals surface area contributed by atoms with E-state index in [1.807, 2.05) is 12.1 Å². The van der Waals surface area contributed by atoms with Gasteiger partial charge in [0.2, 0.25) is 0 Å². The van der Waals surface area contributed by atoms with Crippen molar-refractivity contribution >= 4 is 34.9 Å². The molecule has 6 nitrogen and oxygen atoms in total. The van der Waals surface area contributed by atoms with Crippen LogP contribution in [-0.4, -0.2) is 38.9 Å². The lowest BCUT2D eigenvalue weighted by atomic mass is 9.79. The van der Waals surface area contributed by atoms with E-state index >= 15 is 0 Å². The Labute approximate surface area is 213 Å². The number of pyridine rings is 1. The number of hydrogen-bond acceptors (Lipinski definition) is 5. The molecule has 1 aliphatic carbocycles. The second kappa shape index (κ2) is 9.03. The maximum atomic E-state index is 14.0. The lowest BCUT2D eigenvalue weighted by Crippen LogP contribution is -2.56. The van der Waals surface area contributed by atoms with Crippen LogP contribution in [0, 0.1) is 0 Å². The van der Waals surface area contributed by atoms with E-state index in [0.29, 0.717) is 50.8 Å². The van der Waals surface area contributed by atoms with Crippen molar-refractivity contribution in [3.8, 4) is 0 Å². The molecule has 1 N–H and O–H groups in total. The van der Waals surface area contributed by atoms with Crippen LogP contribution in [0.3, 0.4) is 0 Å². The monoisotopic (exact) mass is 510 g/mol. The molecule has 8 heteroatoms. The molecule has 2 aromatic carbocycles. The predicted molar refractivity (Wildman–Crippen MR) is 133 cm³/mol. The van der Waals surface area contributed by atoms with E-state index < -0.39 is 11.3 Å². The quantitative estimate of drug-likeness (QED) is 0.431. The Morgan fingerprint density at radius 1 is 1.09 bits per heavy atom. The number of fused-ring (bicyclic) bond motifs is 1. The van der Waals surface area contributed by atoms with Gasteiger partial charge in [-0.3, -0.25) is 19.5 Å². The summed E-state index contributed by atoms with van der Waals surface area (Å²) in [7, 11) is 0. The Morgan fingerprint density at radius 3 is 2.37 bits per heavy atom. The van der Waals surface area contributed by atoms with Crippen molar-refractivity contribution in [3.05, 3.63) is 98.8 Å². The first kappa shape index (κ1) is 23.9. The number of carbonyl (C=O) groups is 2. The van der Waals surface area contributed by atoms with Crippen LogP contribution >= 0.6 is 23.2 Å². The molecule has 180 valence electrons. The zero-order valence-electron chi connectivity index (χ0n) is 19.1. The van der Waals surface area contributed by atoms with Crippen molar-refractivity contribution < 1.29 is 19.4 Å². The summed E-state index contributed by atoms with van der Waals surface area (Å²) in [5.74, 6) is -0.426. The summed E-state index contributed by atoms with van der Waals surface area (Å²) < 4.78 is 6.88. The van der Waals surface area contributed by atoms with Gasteiger partial charge in [-0.1, -0.05) is 47.5 Å². The first-order chi connectivity index (χ1) is 16.8. The number of Topliss-reactive ketones (excluding diaryl/α,β-unsaturated/α-hetero) is 1. The van der Waals surface area contributed by atoms with Crippen LogP contribution in [0.25, 0.3) is 0 Å². The minimum atomic E-state index is -1.35. The van der Waals surface area contributed by atoms with Crippen LogP contribution in [0.5, 0.6) is 0 Å². The SMILES string of the molecule is CC(=O)c1ccc2c(c1)C(=O)N(Cc1ccc(Cl)cn1)C2(OC1(CO)CCC1)c1ccc(Cl)cc1. The second-order valence-electron chi connectivity index (χ2n) is 9.12. The van der Waals surface area contributed by atoms with Gasteiger partial charge in [-0.15, -0.1) is 0 Å². The minimum absolute atomic E-state index is 0.129. The van der Waals surface area contributed by atoms with E-state index in [-0.39, 0.29) is 24.8 Å². The van der Waals surface area contributed by atoms with Gasteiger partial charge in [0.05, 0.1) is 29.5 Å². The normalized spacial score (nSPS) is 20.5. The van der Waals surface area contributed by atoms with Crippen LogP contribution in [0.2, 0.25) is 10.0 Å². The van der Waals surface area contributed by atoms with Crippen molar-refractivity contribution in [1.29, 1.82) is 0 Å². The third-order valence-corrected chi connectivity index (χ3v) is 7.38. The fraction of sp³-hybridized carbons (Fsp3) is 0.296. The van der Waals surface area contributed by atoms with Gasteiger partial charge in [0.25, 0.3) is 5.91 Å². The summed E-state index contributed by atoms with van der Waals surface area (Å²) in [6, 6.07) is 15.7. The van der Waals surface area contributed by atoms with Gasteiger partial charge in [-0.05, 0) is 56.5 Å². The summed E-state index contributed by atoms with van der Waals surface area (Å²) in [4.78, 5) is 32.1. The fourth-order valence-corrected chi connectivity index (χ4v) is 5.09. The number of halogens is 2. The number of nitrogens with zero attached hydrogens (tertiary/aromatic N) is 2. The van der Waals surface area contributed by atoms with Crippen molar-refractivity contribution in [1.82, 2.24) is 9.88 Å². The van der Waals surface area contributed by atoms with Gasteiger partial charge in [0.1, 0.15) is 0 Å². The van der Waals surface area contributed by atoms with Gasteiger partial charge in [0, 0.05) is 33.5 Å². The summed E-state index contributed by atoms with van der Waals surface area (Å²) in [5.41, 5.74) is 0.601. The Morgan fingerprint density at radius 2 is 1.80 bits per heavy atom. The van der Waals surface area contributed by atoms with Crippen LogP contribution < -0.4 is 0 Å². The van der Waals surface area contributed by atoms with Crippen LogP contribution in [0.1, 0.15) is 63.7 Å². The smallest absolute Gasteiger partial charge is 0.257 e. The minimum Gasteiger partial charge on any atom is -0.393 e. The molecule has 3 aromatic rings. The van der Waals surface area contributed by atoms with Crippen LogP contribution in [0.4, 0.5) is 0 Å². The highest BCUT2D eigenvalue weighted by Gasteiger charge is 2.57. The van der Waals surface area contributed by atoms with Crippen LogP contribution in [-0.2, 0) is 17.0 Å². The molecule has 1 atom stereocenters. The first-order valence-electron chi connectivity index (χ1n) is 11.4. The van der Waals surface area contributed by atoms with Crippen molar-refractivity contribution in [3.63, 3.8) is 0 Å². The standard InChI is InChI=1S/C27H24Cl2N2O4/c1-17(33)18-3-10-24-23(13-18)25(34)31(15-22-9-8-21(29)14-30-22)27(24,19-4-6-20(28)7-5-19)35-26(16-32)11-2-12-26/h3-10,13-14,32H,2,11-12,15-16H2,1H3. The largest absolute Gasteiger partial charge is 0.393 e. The lowest BCUT2D eigenvalue weighted by Gasteiger charge is -2.50. The molecular weight excluding hydrogens is 487 g/mol. The number of carbonyl (C=O) groups excluding carboxylic acids is 2. The summed E-state index contributed by atoms with van der Waals surface area (Å²) in [6.07, 6.45) is 3.78. The van der Waals surface area contributed by atoms with Gasteiger partial charge < -0.3 is 9.84 Å². The molecular formula is C27H24Cl2N2O4. The van der Waals surface area contributed by atoms with Crippen LogP contribution in [0.15, 0.2) is 60.8 Å². The highest BCUT2D eigenvalue weighted by Crippen LogP contribution is 2.52. The number of rotatable bonds is 7. The Balaban J connectivity index is 1.74. The number of aliphatic hydroxyl groups excluding tert-OH is 1. The van der Waals surface area contributed by atoms with Crippen molar-refractivity contribution in [2.45, 2.75) is 44.1 Å². The highest BCUT2D eigenvalue weighted by atomic mass is 35.5. The average Bonchev–Trinajstić information content (AvgIpc) is 3.06. The molecule has 1 fully saturated rings. The molecule has 35 heavy (non-hydrogen) atoms. The molecule has 0 saturated heterocycles. The topological polar surface area (TPSA) is 79.7 Å². The number of benzene rings is 2. The maximum absolute atomic E-state index is 14.0.